The molecule has 1 aromatic carbocycles. The smallest absolute Gasteiger partial charge is 0.178 e. The third-order valence-electron chi connectivity index (χ3n) is 5.45. The van der Waals surface area contributed by atoms with Crippen molar-refractivity contribution in [3.8, 4) is 6.07 Å². The molecule has 8 nitrogen and oxygen atoms in total. The molecule has 2 aliphatic rings. The standard InChI is InChI=1S/C21H31N3O5S/c1-27-10-11-28-9-8-24-16-19-14-23(15-20(17-24)29-19)7-2-12-30(25,26)21-5-3-18(13-22)4-6-21/h3-6,19-20H,2,7-12,14-17H2,1H3. The molecule has 1 aromatic rings. The van der Waals surface area contributed by atoms with Crippen LogP contribution in [0.4, 0.5) is 0 Å². The average Bonchev–Trinajstić information content (AvgIpc) is 2.73. The molecular formula is C21H31N3O5S. The van der Waals surface area contributed by atoms with Gasteiger partial charge in [-0.3, -0.25) is 9.80 Å². The maximum absolute atomic E-state index is 12.5. The number of hydrogen-bond donors (Lipinski definition) is 0. The van der Waals surface area contributed by atoms with Crippen LogP contribution >= 0.6 is 0 Å². The van der Waals surface area contributed by atoms with E-state index in [1.165, 1.54) is 12.1 Å². The quantitative estimate of drug-likeness (QED) is 0.469. The van der Waals surface area contributed by atoms with Crippen LogP contribution in [0.15, 0.2) is 29.2 Å². The average molecular weight is 438 g/mol. The number of nitrogens with zero attached hydrogens (tertiary/aromatic N) is 3. The van der Waals surface area contributed by atoms with Gasteiger partial charge in [0.15, 0.2) is 9.84 Å². The van der Waals surface area contributed by atoms with Crippen molar-refractivity contribution in [2.24, 2.45) is 0 Å². The highest BCUT2D eigenvalue weighted by atomic mass is 32.2. The van der Waals surface area contributed by atoms with E-state index in [0.29, 0.717) is 31.8 Å². The highest BCUT2D eigenvalue weighted by molar-refractivity contribution is 7.91. The largest absolute Gasteiger partial charge is 0.382 e. The van der Waals surface area contributed by atoms with E-state index in [0.717, 1.165) is 39.3 Å². The van der Waals surface area contributed by atoms with Crippen LogP contribution < -0.4 is 0 Å². The first-order valence-electron chi connectivity index (χ1n) is 10.4. The molecule has 2 heterocycles. The van der Waals surface area contributed by atoms with Crippen LogP contribution in [0, 0.1) is 11.3 Å². The van der Waals surface area contributed by atoms with Gasteiger partial charge in [0.2, 0.25) is 0 Å². The van der Waals surface area contributed by atoms with E-state index in [1.54, 1.807) is 19.2 Å². The van der Waals surface area contributed by atoms with Gasteiger partial charge in [0.25, 0.3) is 0 Å². The van der Waals surface area contributed by atoms with Crippen LogP contribution in [-0.4, -0.2) is 102 Å². The summed E-state index contributed by atoms with van der Waals surface area (Å²) < 4.78 is 41.7. The fraction of sp³-hybridized carbons (Fsp3) is 0.667. The van der Waals surface area contributed by atoms with E-state index >= 15 is 0 Å². The number of hydrogen-bond acceptors (Lipinski definition) is 8. The summed E-state index contributed by atoms with van der Waals surface area (Å²) in [5.41, 5.74) is 0.462. The zero-order chi connectivity index (χ0) is 21.4. The normalized spacial score (nSPS) is 22.7. The Labute approximate surface area is 179 Å². The van der Waals surface area contributed by atoms with Crippen LogP contribution in [0.5, 0.6) is 0 Å². The predicted octanol–water partition coefficient (Wildman–Crippen LogP) is 0.770. The maximum atomic E-state index is 12.5. The van der Waals surface area contributed by atoms with Gasteiger partial charge in [-0.1, -0.05) is 0 Å². The van der Waals surface area contributed by atoms with Gasteiger partial charge in [0.05, 0.1) is 54.3 Å². The Morgan fingerprint density at radius 3 is 2.27 bits per heavy atom. The number of ether oxygens (including phenoxy) is 3. The molecule has 0 amide bonds. The number of methoxy groups -OCH3 is 1. The Balaban J connectivity index is 1.39. The summed E-state index contributed by atoms with van der Waals surface area (Å²) in [6.45, 7) is 6.98. The number of fused-ring (bicyclic) bond motifs is 2. The summed E-state index contributed by atoms with van der Waals surface area (Å²) in [6.07, 6.45) is 0.900. The molecule has 0 N–H and O–H groups in total. The van der Waals surface area contributed by atoms with Gasteiger partial charge in [-0.25, -0.2) is 8.42 Å². The van der Waals surface area contributed by atoms with Crippen molar-refractivity contribution < 1.29 is 22.6 Å². The lowest BCUT2D eigenvalue weighted by Crippen LogP contribution is -2.59. The summed E-state index contributed by atoms with van der Waals surface area (Å²) in [6, 6.07) is 8.13. The summed E-state index contributed by atoms with van der Waals surface area (Å²) >= 11 is 0. The summed E-state index contributed by atoms with van der Waals surface area (Å²) in [5, 5.41) is 8.85. The second-order valence-electron chi connectivity index (χ2n) is 7.81. The second-order valence-corrected chi connectivity index (χ2v) is 9.92. The van der Waals surface area contributed by atoms with Gasteiger partial charge in [0, 0.05) is 39.8 Å². The number of morpholine rings is 2. The topological polar surface area (TPSA) is 92.1 Å². The lowest BCUT2D eigenvalue weighted by Gasteiger charge is -2.45. The molecule has 0 saturated carbocycles. The van der Waals surface area contributed by atoms with Gasteiger partial charge >= 0.3 is 0 Å². The monoisotopic (exact) mass is 437 g/mol. The fourth-order valence-electron chi connectivity index (χ4n) is 4.00. The Hall–Kier alpha value is -1.54. The minimum atomic E-state index is -3.33. The van der Waals surface area contributed by atoms with Crippen molar-refractivity contribution in [2.45, 2.75) is 23.5 Å². The second kappa shape index (κ2) is 11.2. The van der Waals surface area contributed by atoms with Crippen molar-refractivity contribution in [3.63, 3.8) is 0 Å². The minimum Gasteiger partial charge on any atom is -0.382 e. The highest BCUT2D eigenvalue weighted by Crippen LogP contribution is 2.20. The van der Waals surface area contributed by atoms with E-state index in [-0.39, 0.29) is 22.9 Å². The number of benzene rings is 1. The van der Waals surface area contributed by atoms with Gasteiger partial charge in [-0.2, -0.15) is 5.26 Å². The Morgan fingerprint density at radius 1 is 1.03 bits per heavy atom. The molecule has 2 atom stereocenters. The van der Waals surface area contributed by atoms with Gasteiger partial charge in [-0.05, 0) is 37.2 Å². The van der Waals surface area contributed by atoms with Crippen LogP contribution in [0.25, 0.3) is 0 Å². The summed E-state index contributed by atoms with van der Waals surface area (Å²) in [7, 11) is -1.66. The van der Waals surface area contributed by atoms with Crippen LogP contribution in [0.2, 0.25) is 0 Å². The molecular weight excluding hydrogens is 406 g/mol. The van der Waals surface area contributed by atoms with E-state index in [2.05, 4.69) is 9.80 Å². The van der Waals surface area contributed by atoms with E-state index in [1.807, 2.05) is 6.07 Å². The molecule has 166 valence electrons. The molecule has 2 bridgehead atoms. The van der Waals surface area contributed by atoms with E-state index < -0.39 is 9.84 Å². The number of sulfone groups is 1. The summed E-state index contributed by atoms with van der Waals surface area (Å²) in [5.74, 6) is 0.108. The van der Waals surface area contributed by atoms with E-state index in [9.17, 15) is 8.42 Å². The first-order valence-corrected chi connectivity index (χ1v) is 12.0. The predicted molar refractivity (Wildman–Crippen MR) is 112 cm³/mol. The molecule has 9 heteroatoms. The lowest BCUT2D eigenvalue weighted by atomic mass is 10.1. The molecule has 2 fully saturated rings. The molecule has 0 aliphatic carbocycles. The fourth-order valence-corrected chi connectivity index (χ4v) is 5.29. The molecule has 3 rings (SSSR count). The lowest BCUT2D eigenvalue weighted by molar-refractivity contribution is -0.140. The van der Waals surface area contributed by atoms with Gasteiger partial charge in [0.1, 0.15) is 0 Å². The van der Waals surface area contributed by atoms with Gasteiger partial charge < -0.3 is 14.2 Å². The summed E-state index contributed by atoms with van der Waals surface area (Å²) in [4.78, 5) is 4.99. The van der Waals surface area contributed by atoms with Crippen molar-refractivity contribution >= 4 is 9.84 Å². The van der Waals surface area contributed by atoms with Crippen molar-refractivity contribution in [3.05, 3.63) is 29.8 Å². The molecule has 0 radical (unpaired) electrons. The van der Waals surface area contributed by atoms with Crippen LogP contribution in [0.3, 0.4) is 0 Å². The third kappa shape index (κ3) is 6.74. The SMILES string of the molecule is COCCOCCN1CC2CN(CCCS(=O)(=O)c3ccc(C#N)cc3)CC(C1)O2. The number of rotatable bonds is 11. The Kier molecular flexibility index (Phi) is 8.62. The Morgan fingerprint density at radius 2 is 1.67 bits per heavy atom. The van der Waals surface area contributed by atoms with Crippen LogP contribution in [-0.2, 0) is 24.0 Å². The van der Waals surface area contributed by atoms with E-state index in [4.69, 9.17) is 19.5 Å². The Bertz CT molecular complexity index is 795. The number of nitriles is 1. The van der Waals surface area contributed by atoms with Crippen molar-refractivity contribution in [2.75, 3.05) is 72.0 Å². The van der Waals surface area contributed by atoms with Gasteiger partial charge in [-0.15, -0.1) is 0 Å². The molecule has 2 saturated heterocycles. The molecule has 0 aromatic heterocycles. The van der Waals surface area contributed by atoms with Crippen molar-refractivity contribution in [1.82, 2.24) is 9.80 Å². The zero-order valence-electron chi connectivity index (χ0n) is 17.5. The molecule has 2 aliphatic heterocycles. The molecule has 0 spiro atoms. The van der Waals surface area contributed by atoms with Crippen LogP contribution in [0.1, 0.15) is 12.0 Å². The zero-order valence-corrected chi connectivity index (χ0v) is 18.3. The third-order valence-corrected chi connectivity index (χ3v) is 7.26. The minimum absolute atomic E-state index is 0.108. The first kappa shape index (κ1) is 23.1. The highest BCUT2D eigenvalue weighted by Gasteiger charge is 2.34. The first-order chi connectivity index (χ1) is 14.5. The van der Waals surface area contributed by atoms with Crippen molar-refractivity contribution in [1.29, 1.82) is 5.26 Å². The molecule has 2 unspecified atom stereocenters. The molecule has 30 heavy (non-hydrogen) atoms. The maximum Gasteiger partial charge on any atom is 0.178 e.